The maximum absolute atomic E-state index is 11.1. The predicted molar refractivity (Wildman–Crippen MR) is 54.0 cm³/mol. The molecule has 13 heavy (non-hydrogen) atoms. The summed E-state index contributed by atoms with van der Waals surface area (Å²) in [5.74, 6) is 0.235. The van der Waals surface area contributed by atoms with E-state index in [0.717, 1.165) is 26.2 Å². The summed E-state index contributed by atoms with van der Waals surface area (Å²) < 4.78 is 0. The van der Waals surface area contributed by atoms with E-state index in [2.05, 4.69) is 5.32 Å². The second-order valence-corrected chi connectivity index (χ2v) is 4.12. The number of hydrogen-bond acceptors (Lipinski definition) is 2. The van der Waals surface area contributed by atoms with Crippen molar-refractivity contribution < 1.29 is 4.79 Å². The molecule has 76 valence electrons. The zero-order valence-corrected chi connectivity index (χ0v) is 8.82. The fourth-order valence-corrected chi connectivity index (χ4v) is 2.35. The summed E-state index contributed by atoms with van der Waals surface area (Å²) in [7, 11) is 0. The quantitative estimate of drug-likeness (QED) is 0.628. The summed E-state index contributed by atoms with van der Waals surface area (Å²) in [5.41, 5.74) is 0.436. The molecule has 2 aliphatic heterocycles. The van der Waals surface area contributed by atoms with Crippen molar-refractivity contribution in [1.29, 1.82) is 0 Å². The summed E-state index contributed by atoms with van der Waals surface area (Å²) in [4.78, 5) is 13.1. The molecule has 0 radical (unpaired) electrons. The number of carbonyl (C=O) groups is 1. The zero-order chi connectivity index (χ0) is 8.60. The second-order valence-electron chi connectivity index (χ2n) is 4.12. The Balaban J connectivity index is 0.000000845. The van der Waals surface area contributed by atoms with Crippen LogP contribution in [0.5, 0.6) is 0 Å². The highest BCUT2D eigenvalue weighted by Gasteiger charge is 2.40. The number of likely N-dealkylation sites (tertiary alicyclic amines) is 1. The van der Waals surface area contributed by atoms with E-state index in [0.29, 0.717) is 5.41 Å². The van der Waals surface area contributed by atoms with E-state index in [-0.39, 0.29) is 18.3 Å². The Morgan fingerprint density at radius 3 is 2.69 bits per heavy atom. The highest BCUT2D eigenvalue weighted by molar-refractivity contribution is 5.85. The molecule has 3 nitrogen and oxygen atoms in total. The molecule has 0 aliphatic carbocycles. The molecule has 2 fully saturated rings. The van der Waals surface area contributed by atoms with Gasteiger partial charge in [-0.3, -0.25) is 4.79 Å². The average Bonchev–Trinajstić information content (AvgIpc) is 2.62. The van der Waals surface area contributed by atoms with Crippen molar-refractivity contribution in [2.75, 3.05) is 26.2 Å². The molecule has 2 rings (SSSR count). The molecule has 1 atom stereocenters. The van der Waals surface area contributed by atoms with E-state index in [9.17, 15) is 4.79 Å². The van der Waals surface area contributed by atoms with Gasteiger partial charge < -0.3 is 10.2 Å². The van der Waals surface area contributed by atoms with Gasteiger partial charge in [-0.25, -0.2) is 0 Å². The monoisotopic (exact) mass is 204 g/mol. The standard InChI is InChI=1S/C9H16N2O.ClH/c1-8(12)11-5-3-9(7-11)2-4-10-6-9;/h10H,2-7H2,1H3;1H. The third-order valence-electron chi connectivity index (χ3n) is 3.22. The summed E-state index contributed by atoms with van der Waals surface area (Å²) in [6, 6.07) is 0. The first kappa shape index (κ1) is 10.8. The summed E-state index contributed by atoms with van der Waals surface area (Å²) in [6.07, 6.45) is 2.44. The van der Waals surface area contributed by atoms with E-state index in [4.69, 9.17) is 0 Å². The van der Waals surface area contributed by atoms with Gasteiger partial charge in [-0.05, 0) is 19.4 Å². The maximum Gasteiger partial charge on any atom is 0.219 e. The summed E-state index contributed by atoms with van der Waals surface area (Å²) >= 11 is 0. The zero-order valence-electron chi connectivity index (χ0n) is 8.01. The Bertz CT molecular complexity index is 202. The van der Waals surface area contributed by atoms with E-state index in [1.165, 1.54) is 12.8 Å². The lowest BCUT2D eigenvalue weighted by Gasteiger charge is -2.21. The van der Waals surface area contributed by atoms with Crippen LogP contribution in [0.15, 0.2) is 0 Å². The molecule has 1 N–H and O–H groups in total. The number of hydrogen-bond donors (Lipinski definition) is 1. The topological polar surface area (TPSA) is 32.3 Å². The smallest absolute Gasteiger partial charge is 0.219 e. The number of carbonyl (C=O) groups excluding carboxylic acids is 1. The molecule has 0 aromatic rings. The van der Waals surface area contributed by atoms with E-state index in [1.54, 1.807) is 6.92 Å². The van der Waals surface area contributed by atoms with Gasteiger partial charge in [0.05, 0.1) is 0 Å². The van der Waals surface area contributed by atoms with Crippen molar-refractivity contribution >= 4 is 18.3 Å². The van der Waals surface area contributed by atoms with Gasteiger partial charge in [0.2, 0.25) is 5.91 Å². The fourth-order valence-electron chi connectivity index (χ4n) is 2.35. The first-order chi connectivity index (χ1) is 5.72. The minimum absolute atomic E-state index is 0. The highest BCUT2D eigenvalue weighted by Crippen LogP contribution is 2.35. The Labute approximate surface area is 85.3 Å². The Morgan fingerprint density at radius 2 is 2.23 bits per heavy atom. The lowest BCUT2D eigenvalue weighted by atomic mass is 9.87. The molecule has 0 saturated carbocycles. The van der Waals surface area contributed by atoms with Crippen LogP contribution in [0.25, 0.3) is 0 Å². The van der Waals surface area contributed by atoms with Crippen LogP contribution in [-0.4, -0.2) is 37.0 Å². The van der Waals surface area contributed by atoms with Gasteiger partial charge >= 0.3 is 0 Å². The van der Waals surface area contributed by atoms with E-state index in [1.807, 2.05) is 4.90 Å². The Hall–Kier alpha value is -0.280. The lowest BCUT2D eigenvalue weighted by molar-refractivity contribution is -0.128. The highest BCUT2D eigenvalue weighted by atomic mass is 35.5. The van der Waals surface area contributed by atoms with Gasteiger partial charge in [-0.1, -0.05) is 0 Å². The third kappa shape index (κ3) is 1.97. The SMILES string of the molecule is CC(=O)N1CCC2(CCNC2)C1.Cl. The van der Waals surface area contributed by atoms with E-state index >= 15 is 0 Å². The van der Waals surface area contributed by atoms with Crippen LogP contribution in [0, 0.1) is 5.41 Å². The van der Waals surface area contributed by atoms with Crippen molar-refractivity contribution in [1.82, 2.24) is 10.2 Å². The number of nitrogens with zero attached hydrogens (tertiary/aromatic N) is 1. The molecule has 1 spiro atoms. The lowest BCUT2D eigenvalue weighted by Crippen LogP contribution is -2.31. The van der Waals surface area contributed by atoms with Crippen molar-refractivity contribution in [2.45, 2.75) is 19.8 Å². The van der Waals surface area contributed by atoms with Gasteiger partial charge in [0.1, 0.15) is 0 Å². The second kappa shape index (κ2) is 3.84. The van der Waals surface area contributed by atoms with Crippen molar-refractivity contribution in [3.05, 3.63) is 0 Å². The molecule has 1 amide bonds. The first-order valence-electron chi connectivity index (χ1n) is 4.68. The van der Waals surface area contributed by atoms with Crippen LogP contribution in [0.2, 0.25) is 0 Å². The van der Waals surface area contributed by atoms with Crippen molar-refractivity contribution in [3.8, 4) is 0 Å². The molecule has 4 heteroatoms. The third-order valence-corrected chi connectivity index (χ3v) is 3.22. The first-order valence-corrected chi connectivity index (χ1v) is 4.68. The minimum atomic E-state index is 0. The van der Waals surface area contributed by atoms with Gasteiger partial charge in [0, 0.05) is 32.0 Å². The summed E-state index contributed by atoms with van der Waals surface area (Å²) in [6.45, 7) is 5.86. The molecule has 2 aliphatic rings. The van der Waals surface area contributed by atoms with Gasteiger partial charge in [-0.2, -0.15) is 0 Å². The van der Waals surface area contributed by atoms with Gasteiger partial charge in [-0.15, -0.1) is 12.4 Å². The summed E-state index contributed by atoms with van der Waals surface area (Å²) in [5, 5.41) is 3.38. The molecular formula is C9H17ClN2O. The van der Waals surface area contributed by atoms with Crippen LogP contribution >= 0.6 is 12.4 Å². The molecule has 2 saturated heterocycles. The average molecular weight is 205 g/mol. The van der Waals surface area contributed by atoms with Crippen LogP contribution in [0.1, 0.15) is 19.8 Å². The predicted octanol–water partition coefficient (Wildman–Crippen LogP) is 0.640. The van der Waals surface area contributed by atoms with Crippen molar-refractivity contribution in [2.24, 2.45) is 5.41 Å². The fraction of sp³-hybridized carbons (Fsp3) is 0.889. The Kier molecular flexibility index (Phi) is 3.19. The van der Waals surface area contributed by atoms with E-state index < -0.39 is 0 Å². The van der Waals surface area contributed by atoms with Crippen LogP contribution in [0.4, 0.5) is 0 Å². The van der Waals surface area contributed by atoms with Gasteiger partial charge in [0.25, 0.3) is 0 Å². The number of nitrogens with one attached hydrogen (secondary N) is 1. The van der Waals surface area contributed by atoms with Gasteiger partial charge in [0.15, 0.2) is 0 Å². The van der Waals surface area contributed by atoms with Crippen LogP contribution in [0.3, 0.4) is 0 Å². The van der Waals surface area contributed by atoms with Crippen LogP contribution in [-0.2, 0) is 4.79 Å². The molecule has 0 aromatic heterocycles. The molecular weight excluding hydrogens is 188 g/mol. The molecule has 0 aromatic carbocycles. The molecule has 2 heterocycles. The Morgan fingerprint density at radius 1 is 1.46 bits per heavy atom. The molecule has 1 unspecified atom stereocenters. The number of amides is 1. The number of rotatable bonds is 0. The maximum atomic E-state index is 11.1. The van der Waals surface area contributed by atoms with Crippen LogP contribution < -0.4 is 5.32 Å². The minimum Gasteiger partial charge on any atom is -0.342 e. The van der Waals surface area contributed by atoms with Crippen molar-refractivity contribution in [3.63, 3.8) is 0 Å². The number of halogens is 1. The molecule has 0 bridgehead atoms. The largest absolute Gasteiger partial charge is 0.342 e. The normalized spacial score (nSPS) is 32.2.